The first-order valence-electron chi connectivity index (χ1n) is 20.4. The van der Waals surface area contributed by atoms with Gasteiger partial charge in [0.05, 0.1) is 12.7 Å². The van der Waals surface area contributed by atoms with Crippen molar-refractivity contribution >= 4 is 29.1 Å². The number of fused-ring (bicyclic) bond motifs is 2. The van der Waals surface area contributed by atoms with Crippen LogP contribution in [0.3, 0.4) is 0 Å². The number of carbonyl (C=O) groups excluding carboxylic acids is 3. The molecule has 3 atom stereocenters. The van der Waals surface area contributed by atoms with Crippen LogP contribution in [0.2, 0.25) is 0 Å². The standard InChI is InChI=1S/C44H53N5O5/c50-36-10-12-37-33(25-36)28-54-40(23-29-3-1-2-4-29)42(37)31-5-7-34(8-6-31)47-17-15-30(16-18-47)26-46-19-21-48(22-20-46)35-9-11-38-32(24-35)27-49(44(38)53)39-13-14-41(51)45-43(39)52/h5-12,24-25,29-30,39-40,42,50H,1-4,13-23,26-28H2,(H,45,51,52)/t39-,40+,42+/m0/s1. The molecule has 1 aliphatic carbocycles. The van der Waals surface area contributed by atoms with Gasteiger partial charge in [-0.25, -0.2) is 0 Å². The SMILES string of the molecule is O=C1CC[C@H](N2Cc3cc(N4CCN(CC5CCN(c6ccc([C@@H]7c8ccc(O)cc8CO[C@@H]7CC7CCCC7)cc6)CC5)CC4)ccc3C2=O)C(=O)N1. The van der Waals surface area contributed by atoms with Crippen molar-refractivity contribution in [1.82, 2.24) is 15.1 Å². The highest BCUT2D eigenvalue weighted by atomic mass is 16.5. The Morgan fingerprint density at radius 2 is 1.48 bits per heavy atom. The molecule has 9 rings (SSSR count). The summed E-state index contributed by atoms with van der Waals surface area (Å²) < 4.78 is 6.52. The molecule has 5 aliphatic heterocycles. The Morgan fingerprint density at radius 1 is 0.741 bits per heavy atom. The number of benzene rings is 3. The molecule has 284 valence electrons. The van der Waals surface area contributed by atoms with Gasteiger partial charge in [-0.3, -0.25) is 24.6 Å². The second kappa shape index (κ2) is 15.0. The maximum atomic E-state index is 13.1. The van der Waals surface area contributed by atoms with E-state index >= 15 is 0 Å². The van der Waals surface area contributed by atoms with E-state index < -0.39 is 6.04 Å². The summed E-state index contributed by atoms with van der Waals surface area (Å²) in [6.07, 6.45) is 9.63. The number of aromatic hydroxyl groups is 1. The van der Waals surface area contributed by atoms with Crippen LogP contribution in [0.4, 0.5) is 11.4 Å². The van der Waals surface area contributed by atoms with Gasteiger partial charge >= 0.3 is 0 Å². The van der Waals surface area contributed by atoms with Gasteiger partial charge in [-0.05, 0) is 102 Å². The van der Waals surface area contributed by atoms with Crippen LogP contribution in [-0.2, 0) is 27.5 Å². The number of nitrogens with one attached hydrogen (secondary N) is 1. The highest BCUT2D eigenvalue weighted by Gasteiger charge is 2.40. The highest BCUT2D eigenvalue weighted by Crippen LogP contribution is 2.43. The zero-order chi connectivity index (χ0) is 36.8. The fraction of sp³-hybridized carbons (Fsp3) is 0.523. The van der Waals surface area contributed by atoms with Crippen LogP contribution in [0, 0.1) is 11.8 Å². The van der Waals surface area contributed by atoms with Crippen molar-refractivity contribution in [3.63, 3.8) is 0 Å². The minimum atomic E-state index is -0.584. The molecule has 5 heterocycles. The fourth-order valence-electron chi connectivity index (χ4n) is 10.3. The van der Waals surface area contributed by atoms with Crippen molar-refractivity contribution in [3.05, 3.63) is 88.5 Å². The van der Waals surface area contributed by atoms with Gasteiger partial charge < -0.3 is 24.5 Å². The number of amides is 3. The molecule has 0 unspecified atom stereocenters. The Bertz CT molecular complexity index is 1880. The Balaban J connectivity index is 0.768. The number of ether oxygens (including phenoxy) is 1. The normalized spacial score (nSPS) is 25.6. The maximum absolute atomic E-state index is 13.1. The monoisotopic (exact) mass is 731 g/mol. The van der Waals surface area contributed by atoms with E-state index in [1.54, 1.807) is 4.90 Å². The predicted molar refractivity (Wildman–Crippen MR) is 208 cm³/mol. The van der Waals surface area contributed by atoms with Crippen molar-refractivity contribution in [3.8, 4) is 5.75 Å². The van der Waals surface area contributed by atoms with Gasteiger partial charge in [0.25, 0.3) is 5.91 Å². The fourth-order valence-corrected chi connectivity index (χ4v) is 10.3. The van der Waals surface area contributed by atoms with E-state index in [4.69, 9.17) is 4.74 Å². The molecule has 2 N–H and O–H groups in total. The third-order valence-corrected chi connectivity index (χ3v) is 13.3. The molecule has 10 heteroatoms. The average Bonchev–Trinajstić information content (AvgIpc) is 3.82. The summed E-state index contributed by atoms with van der Waals surface area (Å²) in [7, 11) is 0. The Labute approximate surface area is 318 Å². The Kier molecular flexibility index (Phi) is 9.82. The quantitative estimate of drug-likeness (QED) is 0.280. The number of rotatable bonds is 8. The average molecular weight is 732 g/mol. The highest BCUT2D eigenvalue weighted by molar-refractivity contribution is 6.05. The lowest BCUT2D eigenvalue weighted by Crippen LogP contribution is -2.52. The second-order valence-corrected chi connectivity index (χ2v) is 16.6. The molecule has 3 aromatic rings. The smallest absolute Gasteiger partial charge is 0.255 e. The molecule has 3 amide bonds. The lowest BCUT2D eigenvalue weighted by molar-refractivity contribution is -0.136. The number of hydrogen-bond acceptors (Lipinski definition) is 8. The van der Waals surface area contributed by atoms with E-state index in [0.717, 1.165) is 75.0 Å². The minimum Gasteiger partial charge on any atom is -0.508 e. The van der Waals surface area contributed by atoms with Crippen LogP contribution in [0.25, 0.3) is 0 Å². The summed E-state index contributed by atoms with van der Waals surface area (Å²) in [5, 5.41) is 12.6. The molecule has 3 saturated heterocycles. The third kappa shape index (κ3) is 7.10. The van der Waals surface area contributed by atoms with Crippen LogP contribution in [0.15, 0.2) is 60.7 Å². The molecular weight excluding hydrogens is 679 g/mol. The number of nitrogens with zero attached hydrogens (tertiary/aromatic N) is 4. The lowest BCUT2D eigenvalue weighted by Gasteiger charge is -2.40. The number of phenols is 1. The third-order valence-electron chi connectivity index (χ3n) is 13.3. The zero-order valence-electron chi connectivity index (χ0n) is 31.3. The number of phenolic OH excluding ortho intramolecular Hbond substituents is 1. The summed E-state index contributed by atoms with van der Waals surface area (Å²) >= 11 is 0. The van der Waals surface area contributed by atoms with Gasteiger partial charge in [0, 0.05) is 81.6 Å². The van der Waals surface area contributed by atoms with E-state index in [-0.39, 0.29) is 36.2 Å². The molecule has 10 nitrogen and oxygen atoms in total. The van der Waals surface area contributed by atoms with Crippen molar-refractivity contribution in [1.29, 1.82) is 0 Å². The van der Waals surface area contributed by atoms with E-state index in [0.29, 0.717) is 36.8 Å². The van der Waals surface area contributed by atoms with Crippen molar-refractivity contribution in [2.45, 2.75) is 89.0 Å². The van der Waals surface area contributed by atoms with E-state index in [2.05, 4.69) is 56.4 Å². The lowest BCUT2D eigenvalue weighted by atomic mass is 9.79. The molecule has 0 bridgehead atoms. The molecule has 6 aliphatic rings. The summed E-state index contributed by atoms with van der Waals surface area (Å²) in [6, 6.07) is 20.6. The van der Waals surface area contributed by atoms with Gasteiger partial charge in [-0.15, -0.1) is 0 Å². The summed E-state index contributed by atoms with van der Waals surface area (Å²) in [5.41, 5.74) is 7.79. The van der Waals surface area contributed by atoms with E-state index in [1.165, 1.54) is 55.3 Å². The Morgan fingerprint density at radius 3 is 2.24 bits per heavy atom. The molecular formula is C44H53N5O5. The number of piperazine rings is 1. The number of piperidine rings is 2. The zero-order valence-corrected chi connectivity index (χ0v) is 31.3. The number of anilines is 2. The largest absolute Gasteiger partial charge is 0.508 e. The van der Waals surface area contributed by atoms with Gasteiger partial charge in [0.1, 0.15) is 11.8 Å². The molecule has 3 aromatic carbocycles. The molecule has 0 spiro atoms. The van der Waals surface area contributed by atoms with Crippen molar-refractivity contribution in [2.75, 3.05) is 55.6 Å². The van der Waals surface area contributed by atoms with Crippen LogP contribution < -0.4 is 15.1 Å². The van der Waals surface area contributed by atoms with Crippen LogP contribution in [0.5, 0.6) is 5.75 Å². The van der Waals surface area contributed by atoms with Gasteiger partial charge in [-0.2, -0.15) is 0 Å². The molecule has 54 heavy (non-hydrogen) atoms. The summed E-state index contributed by atoms with van der Waals surface area (Å²) in [6.45, 7) is 8.23. The first kappa shape index (κ1) is 35.3. The topological polar surface area (TPSA) is 106 Å². The minimum absolute atomic E-state index is 0.120. The number of hydrogen-bond donors (Lipinski definition) is 2. The number of imide groups is 1. The van der Waals surface area contributed by atoms with Crippen molar-refractivity contribution < 1.29 is 24.2 Å². The van der Waals surface area contributed by atoms with Crippen LogP contribution in [-0.4, -0.2) is 90.6 Å². The molecule has 0 aromatic heterocycles. The molecule has 4 fully saturated rings. The number of carbonyl (C=O) groups is 3. The summed E-state index contributed by atoms with van der Waals surface area (Å²) in [4.78, 5) is 46.5. The van der Waals surface area contributed by atoms with E-state index in [1.807, 2.05) is 24.3 Å². The molecule has 1 saturated carbocycles. The first-order valence-corrected chi connectivity index (χ1v) is 20.4. The summed E-state index contributed by atoms with van der Waals surface area (Å²) in [5.74, 6) is 1.19. The maximum Gasteiger partial charge on any atom is 0.255 e. The second-order valence-electron chi connectivity index (χ2n) is 16.6. The van der Waals surface area contributed by atoms with Gasteiger partial charge in [0.2, 0.25) is 11.8 Å². The molecule has 0 radical (unpaired) electrons. The first-order chi connectivity index (χ1) is 26.4. The predicted octanol–water partition coefficient (Wildman–Crippen LogP) is 5.80. The van der Waals surface area contributed by atoms with E-state index in [9.17, 15) is 19.5 Å². The Hall–Kier alpha value is -4.41. The van der Waals surface area contributed by atoms with Gasteiger partial charge in [0.15, 0.2) is 0 Å². The van der Waals surface area contributed by atoms with Crippen LogP contribution in [0.1, 0.15) is 96.3 Å². The van der Waals surface area contributed by atoms with Gasteiger partial charge in [-0.1, -0.05) is 43.9 Å². The van der Waals surface area contributed by atoms with Crippen LogP contribution >= 0.6 is 0 Å². The van der Waals surface area contributed by atoms with Crippen molar-refractivity contribution in [2.24, 2.45) is 11.8 Å².